The minimum atomic E-state index is -0.120. The van der Waals surface area contributed by atoms with Crippen molar-refractivity contribution in [3.63, 3.8) is 0 Å². The zero-order valence-electron chi connectivity index (χ0n) is 18.0. The van der Waals surface area contributed by atoms with Gasteiger partial charge in [0.05, 0.1) is 13.2 Å². The molecular formula is C23H36N2O4. The molecule has 6 nitrogen and oxygen atoms in total. The van der Waals surface area contributed by atoms with Crippen molar-refractivity contribution in [3.8, 4) is 0 Å². The van der Waals surface area contributed by atoms with Crippen molar-refractivity contribution in [2.45, 2.75) is 58.6 Å². The molecule has 2 heterocycles. The second kappa shape index (κ2) is 13.3. The van der Waals surface area contributed by atoms with Crippen LogP contribution in [0.4, 0.5) is 0 Å². The highest BCUT2D eigenvalue weighted by Crippen LogP contribution is 2.12. The number of carbonyl (C=O) groups excluding carboxylic acids is 2. The fourth-order valence-electron chi connectivity index (χ4n) is 3.62. The quantitative estimate of drug-likeness (QED) is 0.650. The number of piperidine rings is 1. The predicted molar refractivity (Wildman–Crippen MR) is 113 cm³/mol. The van der Waals surface area contributed by atoms with Gasteiger partial charge in [0.1, 0.15) is 12.6 Å². The van der Waals surface area contributed by atoms with Gasteiger partial charge in [-0.1, -0.05) is 36.8 Å². The zero-order valence-corrected chi connectivity index (χ0v) is 18.0. The third kappa shape index (κ3) is 8.96. The molecule has 29 heavy (non-hydrogen) atoms. The van der Waals surface area contributed by atoms with Gasteiger partial charge in [0, 0.05) is 0 Å². The summed E-state index contributed by atoms with van der Waals surface area (Å²) in [5, 5.41) is 0. The molecule has 0 aliphatic carbocycles. The third-order valence-electron chi connectivity index (χ3n) is 5.36. The van der Waals surface area contributed by atoms with Crippen molar-refractivity contribution < 1.29 is 19.1 Å². The lowest BCUT2D eigenvalue weighted by atomic mass is 10.1. The van der Waals surface area contributed by atoms with Crippen LogP contribution in [-0.2, 0) is 25.7 Å². The summed E-state index contributed by atoms with van der Waals surface area (Å²) in [6.07, 6.45) is 6.12. The molecule has 6 heteroatoms. The van der Waals surface area contributed by atoms with E-state index in [1.54, 1.807) is 0 Å². The zero-order chi connectivity index (χ0) is 20.9. The normalized spacial score (nSPS) is 18.4. The van der Waals surface area contributed by atoms with Crippen molar-refractivity contribution in [2.75, 3.05) is 39.3 Å². The first kappa shape index (κ1) is 23.4. The van der Waals surface area contributed by atoms with E-state index in [0.29, 0.717) is 19.8 Å². The van der Waals surface area contributed by atoms with Crippen LogP contribution < -0.4 is 0 Å². The SMILES string of the molecule is CCOC(=O)C(C)N1CCCCC1.O=C(CN1CCCC1)OCc1ccccc1. The number of likely N-dealkylation sites (tertiary alicyclic amines) is 2. The molecule has 1 aromatic carbocycles. The second-order valence-corrected chi connectivity index (χ2v) is 7.65. The van der Waals surface area contributed by atoms with Crippen molar-refractivity contribution in [3.05, 3.63) is 35.9 Å². The fourth-order valence-corrected chi connectivity index (χ4v) is 3.62. The monoisotopic (exact) mass is 404 g/mol. The van der Waals surface area contributed by atoms with Crippen molar-refractivity contribution >= 4 is 11.9 Å². The van der Waals surface area contributed by atoms with Crippen LogP contribution in [0.5, 0.6) is 0 Å². The molecule has 2 aliphatic rings. The molecule has 2 fully saturated rings. The Morgan fingerprint density at radius 3 is 2.17 bits per heavy atom. The first-order valence-corrected chi connectivity index (χ1v) is 10.9. The molecule has 2 saturated heterocycles. The van der Waals surface area contributed by atoms with Crippen LogP contribution in [-0.4, -0.2) is 67.1 Å². The van der Waals surface area contributed by atoms with E-state index in [2.05, 4.69) is 9.80 Å². The largest absolute Gasteiger partial charge is 0.465 e. The summed E-state index contributed by atoms with van der Waals surface area (Å²) in [6, 6.07) is 9.72. The number of nitrogens with zero attached hydrogens (tertiary/aromatic N) is 2. The van der Waals surface area contributed by atoms with Crippen LogP contribution >= 0.6 is 0 Å². The topological polar surface area (TPSA) is 59.1 Å². The molecule has 0 spiro atoms. The van der Waals surface area contributed by atoms with E-state index < -0.39 is 0 Å². The summed E-state index contributed by atoms with van der Waals surface area (Å²) < 4.78 is 10.2. The molecule has 0 aromatic heterocycles. The van der Waals surface area contributed by atoms with Gasteiger partial charge in [0.2, 0.25) is 0 Å². The van der Waals surface area contributed by atoms with E-state index >= 15 is 0 Å². The van der Waals surface area contributed by atoms with Crippen molar-refractivity contribution in [2.24, 2.45) is 0 Å². The minimum Gasteiger partial charge on any atom is -0.465 e. The van der Waals surface area contributed by atoms with Gasteiger partial charge in [0.15, 0.2) is 0 Å². The van der Waals surface area contributed by atoms with E-state index in [1.165, 1.54) is 32.1 Å². The Kier molecular flexibility index (Phi) is 10.7. The molecule has 0 saturated carbocycles. The fraction of sp³-hybridized carbons (Fsp3) is 0.652. The molecule has 1 aromatic rings. The van der Waals surface area contributed by atoms with Crippen LogP contribution in [0.25, 0.3) is 0 Å². The Balaban J connectivity index is 0.000000212. The van der Waals surface area contributed by atoms with Crippen LogP contribution in [0.3, 0.4) is 0 Å². The van der Waals surface area contributed by atoms with E-state index in [0.717, 1.165) is 31.7 Å². The molecule has 0 amide bonds. The number of hydrogen-bond acceptors (Lipinski definition) is 6. The number of rotatable bonds is 7. The number of esters is 2. The standard InChI is InChI=1S/C13H17NO2.C10H19NO2/c15-13(10-14-8-4-5-9-14)16-11-12-6-2-1-3-7-12;1-3-13-10(12)9(2)11-7-5-4-6-8-11/h1-3,6-7H,4-5,8-11H2;9H,3-8H2,1-2H3. The Morgan fingerprint density at radius 1 is 0.931 bits per heavy atom. The Hall–Kier alpha value is -1.92. The minimum absolute atomic E-state index is 0.0553. The van der Waals surface area contributed by atoms with Crippen LogP contribution in [0.15, 0.2) is 30.3 Å². The molecule has 0 radical (unpaired) electrons. The van der Waals surface area contributed by atoms with Gasteiger partial charge >= 0.3 is 11.9 Å². The number of hydrogen-bond donors (Lipinski definition) is 0. The highest BCUT2D eigenvalue weighted by Gasteiger charge is 2.23. The van der Waals surface area contributed by atoms with E-state index in [1.807, 2.05) is 44.2 Å². The summed E-state index contributed by atoms with van der Waals surface area (Å²) >= 11 is 0. The average Bonchev–Trinajstić information content (AvgIpc) is 3.27. The summed E-state index contributed by atoms with van der Waals surface area (Å²) in [5.74, 6) is -0.199. The lowest BCUT2D eigenvalue weighted by Gasteiger charge is -2.30. The summed E-state index contributed by atoms with van der Waals surface area (Å²) in [5.41, 5.74) is 1.04. The maximum Gasteiger partial charge on any atom is 0.323 e. The molecule has 0 bridgehead atoms. The summed E-state index contributed by atoms with van der Waals surface area (Å²) in [6.45, 7) is 9.22. The average molecular weight is 405 g/mol. The van der Waals surface area contributed by atoms with Crippen molar-refractivity contribution in [1.29, 1.82) is 0 Å². The predicted octanol–water partition coefficient (Wildman–Crippen LogP) is 3.25. The van der Waals surface area contributed by atoms with Crippen LogP contribution in [0.1, 0.15) is 51.5 Å². The molecule has 162 valence electrons. The van der Waals surface area contributed by atoms with E-state index in [9.17, 15) is 9.59 Å². The van der Waals surface area contributed by atoms with Gasteiger partial charge in [-0.15, -0.1) is 0 Å². The van der Waals surface area contributed by atoms with Gasteiger partial charge in [-0.25, -0.2) is 0 Å². The van der Waals surface area contributed by atoms with Gasteiger partial charge in [0.25, 0.3) is 0 Å². The number of benzene rings is 1. The van der Waals surface area contributed by atoms with Crippen LogP contribution in [0, 0.1) is 0 Å². The van der Waals surface area contributed by atoms with Gasteiger partial charge in [-0.3, -0.25) is 19.4 Å². The maximum absolute atomic E-state index is 11.5. The Morgan fingerprint density at radius 2 is 1.55 bits per heavy atom. The van der Waals surface area contributed by atoms with Crippen molar-refractivity contribution in [1.82, 2.24) is 9.80 Å². The molecule has 2 aliphatic heterocycles. The third-order valence-corrected chi connectivity index (χ3v) is 5.36. The molecule has 1 unspecified atom stereocenters. The number of carbonyl (C=O) groups is 2. The van der Waals surface area contributed by atoms with Gasteiger partial charge in [-0.2, -0.15) is 0 Å². The lowest BCUT2D eigenvalue weighted by molar-refractivity contribution is -0.149. The van der Waals surface area contributed by atoms with Gasteiger partial charge < -0.3 is 9.47 Å². The lowest BCUT2D eigenvalue weighted by Crippen LogP contribution is -2.42. The summed E-state index contributed by atoms with van der Waals surface area (Å²) in [4.78, 5) is 27.2. The molecular weight excluding hydrogens is 368 g/mol. The van der Waals surface area contributed by atoms with Gasteiger partial charge in [-0.05, 0) is 71.3 Å². The van der Waals surface area contributed by atoms with E-state index in [-0.39, 0.29) is 18.0 Å². The summed E-state index contributed by atoms with van der Waals surface area (Å²) in [7, 11) is 0. The first-order chi connectivity index (χ1) is 14.1. The van der Waals surface area contributed by atoms with Crippen LogP contribution in [0.2, 0.25) is 0 Å². The maximum atomic E-state index is 11.5. The molecule has 1 atom stereocenters. The highest BCUT2D eigenvalue weighted by atomic mass is 16.5. The second-order valence-electron chi connectivity index (χ2n) is 7.65. The highest BCUT2D eigenvalue weighted by molar-refractivity contribution is 5.75. The Labute approximate surface area is 175 Å². The molecule has 0 N–H and O–H groups in total. The number of ether oxygens (including phenoxy) is 2. The van der Waals surface area contributed by atoms with E-state index in [4.69, 9.17) is 9.47 Å². The molecule has 3 rings (SSSR count). The smallest absolute Gasteiger partial charge is 0.323 e. The first-order valence-electron chi connectivity index (χ1n) is 10.9. The Bertz CT molecular complexity index is 596.